The maximum atomic E-state index is 14.7. The van der Waals surface area contributed by atoms with E-state index in [4.69, 9.17) is 13.0 Å². The van der Waals surface area contributed by atoms with Crippen LogP contribution in [0.4, 0.5) is 33.2 Å². The van der Waals surface area contributed by atoms with E-state index in [1.54, 1.807) is 24.3 Å². The van der Waals surface area contributed by atoms with Crippen LogP contribution in [0.3, 0.4) is 0 Å². The summed E-state index contributed by atoms with van der Waals surface area (Å²) < 4.78 is 71.5. The molecule has 0 bridgehead atoms. The van der Waals surface area contributed by atoms with Gasteiger partial charge in [-0.1, -0.05) is 12.6 Å². The summed E-state index contributed by atoms with van der Waals surface area (Å²) in [6.45, 7) is 1.04. The van der Waals surface area contributed by atoms with Crippen LogP contribution in [-0.4, -0.2) is 36.2 Å². The number of amides is 1. The van der Waals surface area contributed by atoms with Gasteiger partial charge in [0.1, 0.15) is 12.4 Å². The van der Waals surface area contributed by atoms with Crippen LogP contribution >= 0.6 is 0 Å². The molecule has 3 rings (SSSR count). The fraction of sp³-hybridized carbons (Fsp3) is 0.136. The maximum Gasteiger partial charge on any atom is 0.247 e. The van der Waals surface area contributed by atoms with Gasteiger partial charge in [0.2, 0.25) is 11.9 Å². The van der Waals surface area contributed by atoms with E-state index in [2.05, 4.69) is 37.2 Å². The van der Waals surface area contributed by atoms with Gasteiger partial charge in [0, 0.05) is 24.2 Å². The first-order valence-corrected chi connectivity index (χ1v) is 8.84. The number of carbonyl (C=O) groups excluding carboxylic acids is 1. The monoisotopic (exact) mass is 429 g/mol. The first-order chi connectivity index (χ1) is 17.4. The molecule has 3 aromatic rings. The SMILES string of the molecule is [2H]c1nc(Nc2ccc(OCC([2H])([2H])OC)cc2)nc(Nc2cc(NC(=O)C=C)c([2H])c([2H])c2[2H])c1F. The molecule has 0 aliphatic rings. The fourth-order valence-corrected chi connectivity index (χ4v) is 2.24. The molecule has 31 heavy (non-hydrogen) atoms. The van der Waals surface area contributed by atoms with Gasteiger partial charge in [0.05, 0.1) is 21.0 Å². The lowest BCUT2D eigenvalue weighted by atomic mass is 10.2. The van der Waals surface area contributed by atoms with Crippen molar-refractivity contribution in [2.75, 3.05) is 36.2 Å². The fourth-order valence-electron chi connectivity index (χ4n) is 2.24. The number of methoxy groups -OCH3 is 1. The molecule has 0 saturated heterocycles. The molecular formula is C22H22FN5O3. The number of aromatic nitrogens is 2. The number of ether oxygens (including phenoxy) is 2. The summed E-state index contributed by atoms with van der Waals surface area (Å²) >= 11 is 0. The molecule has 0 fully saturated rings. The average molecular weight is 429 g/mol. The van der Waals surface area contributed by atoms with Crippen molar-refractivity contribution in [3.05, 3.63) is 73.1 Å². The Balaban J connectivity index is 1.84. The second kappa shape index (κ2) is 10.7. The Labute approximate surface area is 187 Å². The van der Waals surface area contributed by atoms with Gasteiger partial charge in [-0.05, 0) is 48.5 Å². The molecule has 1 heterocycles. The Kier molecular flexibility index (Phi) is 5.15. The highest BCUT2D eigenvalue weighted by atomic mass is 19.1. The first kappa shape index (κ1) is 14.9. The maximum absolute atomic E-state index is 14.7. The van der Waals surface area contributed by atoms with E-state index in [0.29, 0.717) is 11.4 Å². The minimum atomic E-state index is -1.95. The highest BCUT2D eigenvalue weighted by molar-refractivity contribution is 5.99. The molecule has 0 unspecified atom stereocenters. The smallest absolute Gasteiger partial charge is 0.247 e. The van der Waals surface area contributed by atoms with Gasteiger partial charge in [0.15, 0.2) is 11.6 Å². The molecule has 1 aromatic heterocycles. The zero-order valence-corrected chi connectivity index (χ0v) is 16.4. The van der Waals surface area contributed by atoms with E-state index in [-0.39, 0.29) is 23.9 Å². The molecule has 1 amide bonds. The van der Waals surface area contributed by atoms with Crippen molar-refractivity contribution in [3.8, 4) is 5.75 Å². The highest BCUT2D eigenvalue weighted by Crippen LogP contribution is 2.23. The summed E-state index contributed by atoms with van der Waals surface area (Å²) in [6, 6.07) is 6.01. The molecule has 0 aliphatic heterocycles. The van der Waals surface area contributed by atoms with Gasteiger partial charge in [-0.3, -0.25) is 4.79 Å². The van der Waals surface area contributed by atoms with Crippen LogP contribution < -0.4 is 20.7 Å². The van der Waals surface area contributed by atoms with Crippen molar-refractivity contribution >= 4 is 34.7 Å². The second-order valence-corrected chi connectivity index (χ2v) is 5.77. The molecule has 0 spiro atoms. The molecule has 9 heteroatoms. The van der Waals surface area contributed by atoms with Crippen LogP contribution in [0.5, 0.6) is 5.75 Å². The largest absolute Gasteiger partial charge is 0.491 e. The highest BCUT2D eigenvalue weighted by Gasteiger charge is 2.09. The Morgan fingerprint density at radius 3 is 2.77 bits per heavy atom. The Morgan fingerprint density at radius 1 is 1.26 bits per heavy atom. The summed E-state index contributed by atoms with van der Waals surface area (Å²) in [5, 5.41) is 7.68. The zero-order valence-electron chi connectivity index (χ0n) is 22.4. The van der Waals surface area contributed by atoms with E-state index in [0.717, 1.165) is 6.08 Å². The van der Waals surface area contributed by atoms with Crippen LogP contribution in [0.1, 0.15) is 8.22 Å². The predicted octanol–water partition coefficient (Wildman–Crippen LogP) is 4.25. The van der Waals surface area contributed by atoms with E-state index in [9.17, 15) is 9.18 Å². The van der Waals surface area contributed by atoms with Gasteiger partial charge in [-0.25, -0.2) is 9.37 Å². The normalized spacial score (nSPS) is 13.5. The van der Waals surface area contributed by atoms with Gasteiger partial charge in [-0.15, -0.1) is 0 Å². The summed E-state index contributed by atoms with van der Waals surface area (Å²) in [6.07, 6.45) is 0.215. The third-order valence-electron chi connectivity index (χ3n) is 3.62. The molecule has 0 radical (unpaired) electrons. The number of nitrogens with one attached hydrogen (secondary N) is 3. The topological polar surface area (TPSA) is 97.4 Å². The van der Waals surface area contributed by atoms with Crippen molar-refractivity contribution < 1.29 is 26.9 Å². The summed E-state index contributed by atoms with van der Waals surface area (Å²) in [4.78, 5) is 19.4. The van der Waals surface area contributed by atoms with Crippen molar-refractivity contribution in [1.29, 1.82) is 0 Å². The van der Waals surface area contributed by atoms with Crippen LogP contribution in [0.15, 0.2) is 67.3 Å². The molecule has 0 aliphatic carbocycles. The number of halogens is 1. The van der Waals surface area contributed by atoms with Crippen molar-refractivity contribution in [2.24, 2.45) is 0 Å². The quantitative estimate of drug-likeness (QED) is 0.415. The lowest BCUT2D eigenvalue weighted by molar-refractivity contribution is -0.111. The third-order valence-corrected chi connectivity index (χ3v) is 3.62. The molecule has 3 N–H and O–H groups in total. The third kappa shape index (κ3) is 6.51. The molecule has 0 atom stereocenters. The van der Waals surface area contributed by atoms with Gasteiger partial charge < -0.3 is 25.4 Å². The lowest BCUT2D eigenvalue weighted by Gasteiger charge is -2.11. The van der Waals surface area contributed by atoms with E-state index in [1.807, 2.05) is 0 Å². The number of nitrogens with zero attached hydrogens (tertiary/aromatic N) is 2. The summed E-state index contributed by atoms with van der Waals surface area (Å²) in [5.41, 5.74) is 0.204. The number of hydrogen-bond donors (Lipinski definition) is 3. The van der Waals surface area contributed by atoms with Gasteiger partial charge >= 0.3 is 0 Å². The Morgan fingerprint density at radius 2 is 2.03 bits per heavy atom. The average Bonchev–Trinajstić information content (AvgIpc) is 2.87. The molecule has 8 nitrogen and oxygen atoms in total. The Bertz CT molecular complexity index is 1330. The van der Waals surface area contributed by atoms with Crippen LogP contribution in [0.25, 0.3) is 0 Å². The number of benzene rings is 2. The number of carbonyl (C=O) groups is 1. The number of anilines is 5. The van der Waals surface area contributed by atoms with Crippen molar-refractivity contribution in [1.82, 2.24) is 9.97 Å². The van der Waals surface area contributed by atoms with Gasteiger partial charge in [-0.2, -0.15) is 4.98 Å². The minimum Gasteiger partial charge on any atom is -0.491 e. The van der Waals surface area contributed by atoms with Crippen LogP contribution in [0, 0.1) is 5.82 Å². The lowest BCUT2D eigenvalue weighted by Crippen LogP contribution is -2.07. The minimum absolute atomic E-state index is 0.104. The standard InChI is InChI=1S/C22H22FN5O3/c1-3-20(29)25-16-5-4-6-17(13-16)26-21-19(23)14-24-22(28-21)27-15-7-9-18(10-8-15)31-12-11-30-2/h3-10,13-14H,1,11-12H2,2H3,(H,25,29)(H2,24,26,27,28)/i4D,5D,6D,11D2,14D. The number of rotatable bonds is 10. The first-order valence-electron chi connectivity index (χ1n) is 11.8. The summed E-state index contributed by atoms with van der Waals surface area (Å²) in [5.74, 6) is -2.04. The predicted molar refractivity (Wildman–Crippen MR) is 118 cm³/mol. The second-order valence-electron chi connectivity index (χ2n) is 5.77. The van der Waals surface area contributed by atoms with E-state index < -0.39 is 48.4 Å². The van der Waals surface area contributed by atoms with E-state index in [1.165, 1.54) is 13.2 Å². The van der Waals surface area contributed by atoms with Crippen LogP contribution in [-0.2, 0) is 9.53 Å². The van der Waals surface area contributed by atoms with Gasteiger partial charge in [0.25, 0.3) is 0 Å². The molecular weight excluding hydrogens is 401 g/mol. The summed E-state index contributed by atoms with van der Waals surface area (Å²) in [7, 11) is 1.23. The zero-order chi connectivity index (χ0) is 27.3. The van der Waals surface area contributed by atoms with Crippen molar-refractivity contribution in [2.45, 2.75) is 0 Å². The molecule has 2 aromatic carbocycles. The molecule has 0 saturated carbocycles. The van der Waals surface area contributed by atoms with Crippen LogP contribution in [0.2, 0.25) is 0 Å². The number of hydrogen-bond acceptors (Lipinski definition) is 7. The van der Waals surface area contributed by atoms with E-state index >= 15 is 0 Å². The molecule has 160 valence electrons. The van der Waals surface area contributed by atoms with Crippen molar-refractivity contribution in [3.63, 3.8) is 0 Å². The Hall–Kier alpha value is -3.98.